The van der Waals surface area contributed by atoms with E-state index in [-0.39, 0.29) is 24.6 Å². The first-order valence-corrected chi connectivity index (χ1v) is 10.6. The van der Waals surface area contributed by atoms with Crippen molar-refractivity contribution in [3.8, 4) is 11.5 Å². The number of esters is 1. The van der Waals surface area contributed by atoms with Crippen molar-refractivity contribution in [1.29, 1.82) is 0 Å². The number of carbonyl (C=O) groups excluding carboxylic acids is 2. The van der Waals surface area contributed by atoms with Crippen LogP contribution in [-0.4, -0.2) is 31.2 Å². The lowest BCUT2D eigenvalue weighted by molar-refractivity contribution is -0.147. The van der Waals surface area contributed by atoms with Crippen LogP contribution in [0.3, 0.4) is 0 Å². The minimum atomic E-state index is -1.40. The largest absolute Gasteiger partial charge is 0.484 e. The van der Waals surface area contributed by atoms with Crippen molar-refractivity contribution < 1.29 is 23.8 Å². The molecule has 0 saturated heterocycles. The van der Waals surface area contributed by atoms with Gasteiger partial charge in [0.2, 0.25) is 5.72 Å². The number of para-hydroxylation sites is 1. The van der Waals surface area contributed by atoms with Gasteiger partial charge in [0.25, 0.3) is 0 Å². The van der Waals surface area contributed by atoms with Gasteiger partial charge in [-0.25, -0.2) is 0 Å². The molecule has 2 aromatic rings. The van der Waals surface area contributed by atoms with E-state index in [1.807, 2.05) is 12.1 Å². The second-order valence-corrected chi connectivity index (χ2v) is 7.74. The molecule has 0 radical (unpaired) electrons. The van der Waals surface area contributed by atoms with Crippen LogP contribution in [0.25, 0.3) is 6.08 Å². The van der Waals surface area contributed by atoms with Gasteiger partial charge in [0.15, 0.2) is 17.3 Å². The highest BCUT2D eigenvalue weighted by atomic mass is 16.6. The molecule has 1 heterocycles. The Hall–Kier alpha value is -3.12. The first-order chi connectivity index (χ1) is 14.9. The lowest BCUT2D eigenvalue weighted by atomic mass is 10.0. The SMILES string of the molecule is CCCCCc1ccc(C=CC(=O)c2cccc3c2OC(N)(CC(=O)OC)CO3)cc1. The second-order valence-electron chi connectivity index (χ2n) is 7.74. The van der Waals surface area contributed by atoms with Gasteiger partial charge in [-0.1, -0.05) is 56.2 Å². The molecule has 6 nitrogen and oxygen atoms in total. The van der Waals surface area contributed by atoms with Gasteiger partial charge in [-0.2, -0.15) is 0 Å². The monoisotopic (exact) mass is 423 g/mol. The second kappa shape index (κ2) is 10.3. The standard InChI is InChI=1S/C25H29NO5/c1-3-4-5-7-18-10-12-19(13-11-18)14-15-21(27)20-8-6-9-22-24(20)31-25(26,17-30-22)16-23(28)29-2/h6,8-15H,3-5,7,16-17,26H2,1-2H3. The minimum Gasteiger partial charge on any atom is -0.484 e. The Bertz CT molecular complexity index is 951. The van der Waals surface area contributed by atoms with E-state index in [0.29, 0.717) is 11.3 Å². The third-order valence-electron chi connectivity index (χ3n) is 5.17. The summed E-state index contributed by atoms with van der Waals surface area (Å²) < 4.78 is 16.2. The molecule has 0 saturated carbocycles. The van der Waals surface area contributed by atoms with E-state index in [9.17, 15) is 9.59 Å². The van der Waals surface area contributed by atoms with Crippen molar-refractivity contribution in [3.05, 3.63) is 65.2 Å². The van der Waals surface area contributed by atoms with Crippen molar-refractivity contribution in [2.24, 2.45) is 5.73 Å². The van der Waals surface area contributed by atoms with Crippen molar-refractivity contribution in [1.82, 2.24) is 0 Å². The maximum atomic E-state index is 12.9. The maximum absolute atomic E-state index is 12.9. The summed E-state index contributed by atoms with van der Waals surface area (Å²) in [5.74, 6) is -0.103. The molecular formula is C25H29NO5. The average Bonchev–Trinajstić information content (AvgIpc) is 2.77. The van der Waals surface area contributed by atoms with Crippen LogP contribution in [0, 0.1) is 0 Å². The quantitative estimate of drug-likeness (QED) is 0.280. The van der Waals surface area contributed by atoms with Gasteiger partial charge >= 0.3 is 5.97 Å². The maximum Gasteiger partial charge on any atom is 0.311 e. The van der Waals surface area contributed by atoms with Crippen LogP contribution in [0.5, 0.6) is 11.5 Å². The third kappa shape index (κ3) is 5.95. The van der Waals surface area contributed by atoms with Gasteiger partial charge < -0.3 is 14.2 Å². The Balaban J connectivity index is 1.72. The molecule has 2 aromatic carbocycles. The number of benzene rings is 2. The summed E-state index contributed by atoms with van der Waals surface area (Å²) in [5.41, 5.74) is 7.33. The number of fused-ring (bicyclic) bond motifs is 1. The number of hydrogen-bond acceptors (Lipinski definition) is 6. The molecule has 3 rings (SSSR count). The van der Waals surface area contributed by atoms with Gasteiger partial charge in [0.05, 0.1) is 12.7 Å². The highest BCUT2D eigenvalue weighted by Crippen LogP contribution is 2.38. The lowest BCUT2D eigenvalue weighted by Crippen LogP contribution is -2.54. The van der Waals surface area contributed by atoms with Crippen LogP contribution < -0.4 is 15.2 Å². The molecule has 0 aromatic heterocycles. The fourth-order valence-electron chi connectivity index (χ4n) is 3.40. The lowest BCUT2D eigenvalue weighted by Gasteiger charge is -2.35. The molecule has 0 fully saturated rings. The molecule has 1 unspecified atom stereocenters. The van der Waals surface area contributed by atoms with Crippen molar-refractivity contribution >= 4 is 17.8 Å². The van der Waals surface area contributed by atoms with Crippen molar-refractivity contribution in [2.75, 3.05) is 13.7 Å². The smallest absolute Gasteiger partial charge is 0.311 e. The van der Waals surface area contributed by atoms with Crippen LogP contribution in [-0.2, 0) is 16.0 Å². The van der Waals surface area contributed by atoms with Crippen LogP contribution in [0.15, 0.2) is 48.5 Å². The summed E-state index contributed by atoms with van der Waals surface area (Å²) in [6.45, 7) is 2.17. The summed E-state index contributed by atoms with van der Waals surface area (Å²) in [6.07, 6.45) is 7.76. The number of carbonyl (C=O) groups is 2. The van der Waals surface area contributed by atoms with E-state index < -0.39 is 11.7 Å². The van der Waals surface area contributed by atoms with Crippen LogP contribution in [0.4, 0.5) is 0 Å². The van der Waals surface area contributed by atoms with E-state index in [4.69, 9.17) is 15.2 Å². The molecular weight excluding hydrogens is 394 g/mol. The number of unbranched alkanes of at least 4 members (excludes halogenated alkanes) is 2. The number of aryl methyl sites for hydroxylation is 1. The Kier molecular flexibility index (Phi) is 7.47. The van der Waals surface area contributed by atoms with E-state index in [1.165, 1.54) is 38.0 Å². The summed E-state index contributed by atoms with van der Waals surface area (Å²) >= 11 is 0. The van der Waals surface area contributed by atoms with Gasteiger partial charge in [-0.15, -0.1) is 0 Å². The Morgan fingerprint density at radius 1 is 1.16 bits per heavy atom. The third-order valence-corrected chi connectivity index (χ3v) is 5.17. The van der Waals surface area contributed by atoms with Gasteiger partial charge in [-0.3, -0.25) is 15.3 Å². The zero-order valence-electron chi connectivity index (χ0n) is 18.1. The minimum absolute atomic E-state index is 0.0206. The molecule has 1 atom stereocenters. The van der Waals surface area contributed by atoms with E-state index in [1.54, 1.807) is 24.3 Å². The van der Waals surface area contributed by atoms with Crippen LogP contribution in [0.1, 0.15) is 54.1 Å². The molecule has 1 aliphatic heterocycles. The fourth-order valence-corrected chi connectivity index (χ4v) is 3.40. The Morgan fingerprint density at radius 3 is 2.65 bits per heavy atom. The highest BCUT2D eigenvalue weighted by Gasteiger charge is 2.38. The first-order valence-electron chi connectivity index (χ1n) is 10.6. The van der Waals surface area contributed by atoms with Crippen LogP contribution >= 0.6 is 0 Å². The molecule has 0 spiro atoms. The molecule has 6 heteroatoms. The summed E-state index contributed by atoms with van der Waals surface area (Å²) in [6, 6.07) is 13.3. The molecule has 0 amide bonds. The summed E-state index contributed by atoms with van der Waals surface area (Å²) in [7, 11) is 1.28. The predicted octanol–water partition coefficient (Wildman–Crippen LogP) is 4.30. The van der Waals surface area contributed by atoms with Crippen molar-refractivity contribution in [2.45, 2.75) is 44.8 Å². The Morgan fingerprint density at radius 2 is 1.94 bits per heavy atom. The van der Waals surface area contributed by atoms with Gasteiger partial charge in [0, 0.05) is 0 Å². The topological polar surface area (TPSA) is 87.9 Å². The number of ketones is 1. The molecule has 0 bridgehead atoms. The number of methoxy groups -OCH3 is 1. The normalized spacial score (nSPS) is 17.5. The number of ether oxygens (including phenoxy) is 3. The fraction of sp³-hybridized carbons (Fsp3) is 0.360. The van der Waals surface area contributed by atoms with E-state index in [2.05, 4.69) is 23.8 Å². The molecule has 2 N–H and O–H groups in total. The average molecular weight is 424 g/mol. The molecule has 0 aliphatic carbocycles. The first kappa shape index (κ1) is 22.6. The van der Waals surface area contributed by atoms with E-state index >= 15 is 0 Å². The number of hydrogen-bond donors (Lipinski definition) is 1. The highest BCUT2D eigenvalue weighted by molar-refractivity contribution is 6.09. The summed E-state index contributed by atoms with van der Waals surface area (Å²) in [5, 5.41) is 0. The van der Waals surface area contributed by atoms with Gasteiger partial charge in [0.1, 0.15) is 13.0 Å². The number of rotatable bonds is 9. The number of nitrogens with two attached hydrogens (primary N) is 1. The van der Waals surface area contributed by atoms with E-state index in [0.717, 1.165) is 12.0 Å². The summed E-state index contributed by atoms with van der Waals surface area (Å²) in [4.78, 5) is 24.5. The molecule has 31 heavy (non-hydrogen) atoms. The zero-order chi connectivity index (χ0) is 22.3. The van der Waals surface area contributed by atoms with Crippen molar-refractivity contribution in [3.63, 3.8) is 0 Å². The molecule has 1 aliphatic rings. The molecule has 164 valence electrons. The predicted molar refractivity (Wildman–Crippen MR) is 119 cm³/mol. The Labute approximate surface area is 183 Å². The zero-order valence-corrected chi connectivity index (χ0v) is 18.1. The number of allylic oxidation sites excluding steroid dienone is 1. The van der Waals surface area contributed by atoms with Crippen LogP contribution in [0.2, 0.25) is 0 Å². The van der Waals surface area contributed by atoms with Gasteiger partial charge in [-0.05, 0) is 42.2 Å².